The summed E-state index contributed by atoms with van der Waals surface area (Å²) in [5.41, 5.74) is 1.56. The SMILES string of the molecule is COCc1cc(NC2CCN(C3CC(CC#N)(n4cc(-c5ncnc6[nH]ccc56)cn4)C3)CC2)nc(C(F)(F)F)c1. The van der Waals surface area contributed by atoms with Crippen LogP contribution in [0.3, 0.4) is 0 Å². The number of halogens is 3. The normalized spacial score (nSPS) is 22.0. The fourth-order valence-corrected chi connectivity index (χ4v) is 6.12. The summed E-state index contributed by atoms with van der Waals surface area (Å²) in [6.45, 7) is 1.70. The Labute approximate surface area is 234 Å². The van der Waals surface area contributed by atoms with E-state index >= 15 is 0 Å². The lowest BCUT2D eigenvalue weighted by atomic mass is 9.69. The topological polar surface area (TPSA) is 121 Å². The molecule has 1 aliphatic heterocycles. The fraction of sp³-hybridized carbons (Fsp3) is 0.464. The van der Waals surface area contributed by atoms with E-state index in [1.54, 1.807) is 12.3 Å². The third kappa shape index (κ3) is 5.37. The van der Waals surface area contributed by atoms with Crippen molar-refractivity contribution in [2.24, 2.45) is 0 Å². The molecule has 4 aromatic rings. The maximum Gasteiger partial charge on any atom is 0.433 e. The first-order valence-corrected chi connectivity index (χ1v) is 13.6. The zero-order valence-electron chi connectivity index (χ0n) is 22.5. The molecule has 2 aliphatic rings. The van der Waals surface area contributed by atoms with Crippen molar-refractivity contribution in [3.05, 3.63) is 54.4 Å². The number of likely N-dealkylation sites (tertiary alicyclic amines) is 1. The summed E-state index contributed by atoms with van der Waals surface area (Å²) in [5, 5.41) is 18.4. The second kappa shape index (κ2) is 10.8. The monoisotopic (exact) mass is 565 g/mol. The Kier molecular flexibility index (Phi) is 7.13. The van der Waals surface area contributed by atoms with Gasteiger partial charge in [0.15, 0.2) is 0 Å². The van der Waals surface area contributed by atoms with Crippen LogP contribution in [0.2, 0.25) is 0 Å². The molecule has 214 valence electrons. The van der Waals surface area contributed by atoms with Crippen LogP contribution >= 0.6 is 0 Å². The van der Waals surface area contributed by atoms with Gasteiger partial charge in [0, 0.05) is 55.6 Å². The van der Waals surface area contributed by atoms with Gasteiger partial charge in [-0.25, -0.2) is 15.0 Å². The van der Waals surface area contributed by atoms with Gasteiger partial charge in [-0.2, -0.15) is 23.5 Å². The molecule has 1 aliphatic carbocycles. The molecule has 2 fully saturated rings. The van der Waals surface area contributed by atoms with Crippen LogP contribution in [0.15, 0.2) is 43.1 Å². The molecule has 13 heteroatoms. The molecule has 0 bridgehead atoms. The number of hydrogen-bond donors (Lipinski definition) is 2. The van der Waals surface area contributed by atoms with Crippen molar-refractivity contribution in [1.82, 2.24) is 34.6 Å². The van der Waals surface area contributed by atoms with E-state index in [0.29, 0.717) is 18.0 Å². The van der Waals surface area contributed by atoms with Crippen LogP contribution in [0, 0.1) is 11.3 Å². The fourth-order valence-electron chi connectivity index (χ4n) is 6.12. The number of aromatic nitrogens is 6. The molecule has 0 spiro atoms. The summed E-state index contributed by atoms with van der Waals surface area (Å²) in [7, 11) is 1.45. The number of nitrogens with one attached hydrogen (secondary N) is 2. The Morgan fingerprint density at radius 3 is 2.76 bits per heavy atom. The van der Waals surface area contributed by atoms with Gasteiger partial charge in [0.05, 0.1) is 36.5 Å². The van der Waals surface area contributed by atoms with Crippen LogP contribution in [-0.4, -0.2) is 66.9 Å². The predicted octanol–water partition coefficient (Wildman–Crippen LogP) is 4.73. The largest absolute Gasteiger partial charge is 0.433 e. The van der Waals surface area contributed by atoms with Gasteiger partial charge in [-0.3, -0.25) is 4.68 Å². The average molecular weight is 566 g/mol. The third-order valence-electron chi connectivity index (χ3n) is 8.22. The summed E-state index contributed by atoms with van der Waals surface area (Å²) in [6, 6.07) is 7.27. The van der Waals surface area contributed by atoms with E-state index in [1.807, 2.05) is 23.1 Å². The number of fused-ring (bicyclic) bond motifs is 1. The number of anilines is 1. The van der Waals surface area contributed by atoms with Gasteiger partial charge in [0.25, 0.3) is 0 Å². The Morgan fingerprint density at radius 2 is 2.02 bits per heavy atom. The van der Waals surface area contributed by atoms with E-state index in [9.17, 15) is 18.4 Å². The van der Waals surface area contributed by atoms with Gasteiger partial charge in [0.2, 0.25) is 0 Å². The quantitative estimate of drug-likeness (QED) is 0.315. The van der Waals surface area contributed by atoms with Gasteiger partial charge in [-0.1, -0.05) is 0 Å². The number of rotatable bonds is 8. The van der Waals surface area contributed by atoms with Gasteiger partial charge in [-0.05, 0) is 49.4 Å². The lowest BCUT2D eigenvalue weighted by molar-refractivity contribution is -0.141. The number of methoxy groups -OCH3 is 1. The molecule has 6 rings (SSSR count). The van der Waals surface area contributed by atoms with Crippen molar-refractivity contribution >= 4 is 16.9 Å². The first kappa shape index (κ1) is 27.2. The number of ether oxygens (including phenoxy) is 1. The standard InChI is InChI=1S/C28H30F3N9O/c1-41-16-18-10-23(28(29,30)31)38-24(11-18)37-20-3-8-39(9-4-20)21-12-27(13-21,5-6-32)40-15-19(14-36-40)25-22-2-7-33-26(22)35-17-34-25/h2,7,10-11,14-15,17,20-21H,3-5,8-9,12-13,16H2,1H3,(H,37,38)(H,33,34,35). The van der Waals surface area contributed by atoms with Crippen LogP contribution in [0.25, 0.3) is 22.3 Å². The molecule has 2 N–H and O–H groups in total. The zero-order chi connectivity index (χ0) is 28.6. The summed E-state index contributed by atoms with van der Waals surface area (Å²) < 4.78 is 47.0. The number of alkyl halides is 3. The molecule has 0 aromatic carbocycles. The number of nitrogens with zero attached hydrogens (tertiary/aromatic N) is 7. The van der Waals surface area contributed by atoms with E-state index in [2.05, 4.69) is 41.3 Å². The molecule has 0 atom stereocenters. The number of H-pyrrole nitrogens is 1. The Bertz CT molecular complexity index is 1560. The van der Waals surface area contributed by atoms with E-state index in [4.69, 9.17) is 4.74 Å². The summed E-state index contributed by atoms with van der Waals surface area (Å²) >= 11 is 0. The number of pyridine rings is 1. The van der Waals surface area contributed by atoms with E-state index < -0.39 is 11.9 Å². The van der Waals surface area contributed by atoms with Crippen molar-refractivity contribution in [3.8, 4) is 17.3 Å². The minimum absolute atomic E-state index is 0.0216. The van der Waals surface area contributed by atoms with Gasteiger partial charge < -0.3 is 19.9 Å². The Hall–Kier alpha value is -4.02. The number of nitriles is 1. The smallest absolute Gasteiger partial charge is 0.380 e. The highest BCUT2D eigenvalue weighted by Gasteiger charge is 2.49. The van der Waals surface area contributed by atoms with Crippen LogP contribution in [0.1, 0.15) is 43.4 Å². The zero-order valence-corrected chi connectivity index (χ0v) is 22.5. The molecule has 0 radical (unpaired) electrons. The second-order valence-corrected chi connectivity index (χ2v) is 10.9. The molecule has 41 heavy (non-hydrogen) atoms. The molecule has 0 unspecified atom stereocenters. The van der Waals surface area contributed by atoms with Crippen molar-refractivity contribution in [1.29, 1.82) is 5.26 Å². The molecule has 10 nitrogen and oxygen atoms in total. The highest BCUT2D eigenvalue weighted by Crippen LogP contribution is 2.45. The molecule has 4 aromatic heterocycles. The first-order valence-electron chi connectivity index (χ1n) is 13.6. The molecule has 1 saturated carbocycles. The van der Waals surface area contributed by atoms with Gasteiger partial charge in [-0.15, -0.1) is 0 Å². The number of piperidine rings is 1. The van der Waals surface area contributed by atoms with E-state index in [-0.39, 0.29) is 24.0 Å². The van der Waals surface area contributed by atoms with Crippen molar-refractivity contribution < 1.29 is 17.9 Å². The van der Waals surface area contributed by atoms with Crippen LogP contribution in [0.4, 0.5) is 19.0 Å². The number of hydrogen-bond acceptors (Lipinski definition) is 8. The second-order valence-electron chi connectivity index (χ2n) is 10.9. The molecule has 1 saturated heterocycles. The Balaban J connectivity index is 1.09. The third-order valence-corrected chi connectivity index (χ3v) is 8.22. The Morgan fingerprint density at radius 1 is 1.22 bits per heavy atom. The maximum absolute atomic E-state index is 13.4. The highest BCUT2D eigenvalue weighted by atomic mass is 19.4. The van der Waals surface area contributed by atoms with Crippen LogP contribution in [0.5, 0.6) is 0 Å². The first-order chi connectivity index (χ1) is 19.8. The van der Waals surface area contributed by atoms with Crippen molar-refractivity contribution in [3.63, 3.8) is 0 Å². The lowest BCUT2D eigenvalue weighted by Crippen LogP contribution is -2.58. The van der Waals surface area contributed by atoms with E-state index in [0.717, 1.165) is 67.1 Å². The number of aromatic amines is 1. The van der Waals surface area contributed by atoms with Gasteiger partial charge in [0.1, 0.15) is 23.5 Å². The maximum atomic E-state index is 13.4. The lowest BCUT2D eigenvalue weighted by Gasteiger charge is -2.52. The van der Waals surface area contributed by atoms with Crippen molar-refractivity contribution in [2.45, 2.75) is 62.5 Å². The minimum atomic E-state index is -4.53. The molecular formula is C28H30F3N9O. The summed E-state index contributed by atoms with van der Waals surface area (Å²) in [4.78, 5) is 18.1. The van der Waals surface area contributed by atoms with Crippen LogP contribution < -0.4 is 5.32 Å². The molecule has 5 heterocycles. The minimum Gasteiger partial charge on any atom is -0.380 e. The predicted molar refractivity (Wildman–Crippen MR) is 145 cm³/mol. The van der Waals surface area contributed by atoms with E-state index in [1.165, 1.54) is 13.4 Å². The van der Waals surface area contributed by atoms with Gasteiger partial charge >= 0.3 is 6.18 Å². The summed E-state index contributed by atoms with van der Waals surface area (Å²) in [6.07, 6.45) is 6.12. The summed E-state index contributed by atoms with van der Waals surface area (Å²) in [5.74, 6) is 0.220. The average Bonchev–Trinajstić information content (AvgIpc) is 3.61. The molecule has 0 amide bonds. The highest BCUT2D eigenvalue weighted by molar-refractivity contribution is 5.90. The van der Waals surface area contributed by atoms with Crippen LogP contribution in [-0.2, 0) is 23.1 Å². The van der Waals surface area contributed by atoms with Crippen molar-refractivity contribution in [2.75, 3.05) is 25.5 Å². The molecular weight excluding hydrogens is 535 g/mol.